The Morgan fingerprint density at radius 1 is 1.28 bits per heavy atom. The smallest absolute Gasteiger partial charge is 0.258 e. The van der Waals surface area contributed by atoms with Crippen LogP contribution in [0.15, 0.2) is 36.5 Å². The fourth-order valence-corrected chi connectivity index (χ4v) is 2.94. The molecule has 7 heteroatoms. The molecule has 6 nitrogen and oxygen atoms in total. The van der Waals surface area contributed by atoms with Crippen LogP contribution in [0.3, 0.4) is 0 Å². The number of pyridine rings is 1. The van der Waals surface area contributed by atoms with Crippen molar-refractivity contribution in [3.63, 3.8) is 0 Å². The van der Waals surface area contributed by atoms with E-state index >= 15 is 0 Å². The number of halogens is 1. The minimum Gasteiger partial charge on any atom is -0.490 e. The largest absolute Gasteiger partial charge is 0.490 e. The molecule has 25 heavy (non-hydrogen) atoms. The van der Waals surface area contributed by atoms with E-state index in [0.29, 0.717) is 49.2 Å². The number of benzene rings is 1. The molecule has 4 rings (SSSR count). The first-order chi connectivity index (χ1) is 12.2. The van der Waals surface area contributed by atoms with Crippen LogP contribution in [0.2, 0.25) is 0 Å². The fourth-order valence-electron chi connectivity index (χ4n) is 2.94. The number of carbonyl (C=O) groups is 1. The molecule has 1 aromatic heterocycles. The Hall–Kier alpha value is -2.67. The Labute approximate surface area is 144 Å². The van der Waals surface area contributed by atoms with E-state index in [2.05, 4.69) is 4.98 Å². The summed E-state index contributed by atoms with van der Waals surface area (Å²) in [6.45, 7) is 1.90. The summed E-state index contributed by atoms with van der Waals surface area (Å²) < 4.78 is 30.1. The summed E-state index contributed by atoms with van der Waals surface area (Å²) in [5.74, 6) is 0.218. The van der Waals surface area contributed by atoms with Crippen LogP contribution in [0.5, 0.6) is 11.6 Å². The number of carbonyl (C=O) groups excluding carboxylic acids is 1. The Morgan fingerprint density at radius 2 is 2.20 bits per heavy atom. The van der Waals surface area contributed by atoms with Gasteiger partial charge < -0.3 is 19.1 Å². The number of nitrogens with zero attached hydrogens (tertiary/aromatic N) is 2. The zero-order valence-corrected chi connectivity index (χ0v) is 13.5. The van der Waals surface area contributed by atoms with E-state index in [9.17, 15) is 9.18 Å². The van der Waals surface area contributed by atoms with Crippen molar-refractivity contribution in [3.8, 4) is 11.6 Å². The van der Waals surface area contributed by atoms with Gasteiger partial charge in [0.25, 0.3) is 5.91 Å². The highest BCUT2D eigenvalue weighted by molar-refractivity contribution is 6.07. The number of hydrogen-bond acceptors (Lipinski definition) is 5. The van der Waals surface area contributed by atoms with E-state index in [1.807, 2.05) is 0 Å². The van der Waals surface area contributed by atoms with Gasteiger partial charge in [0.1, 0.15) is 24.3 Å². The van der Waals surface area contributed by atoms with Gasteiger partial charge in [-0.2, -0.15) is 0 Å². The topological polar surface area (TPSA) is 60.9 Å². The molecule has 0 N–H and O–H groups in total. The van der Waals surface area contributed by atoms with E-state index in [-0.39, 0.29) is 12.0 Å². The molecule has 0 spiro atoms. The molecule has 1 aromatic carbocycles. The Balaban J connectivity index is 1.58. The summed E-state index contributed by atoms with van der Waals surface area (Å²) in [4.78, 5) is 18.6. The molecule has 1 amide bonds. The standard InChI is InChI=1S/C18H17FN2O4/c19-13-1-2-16-15(10-13)21(6-8-24-16)18(22)12-3-5-20-17(9-12)25-14-4-7-23-11-14/h1-3,5,9-10,14H,4,6-8,11H2/t14-/m0/s1. The molecule has 1 atom stereocenters. The van der Waals surface area contributed by atoms with Gasteiger partial charge in [0.05, 0.1) is 25.4 Å². The van der Waals surface area contributed by atoms with Gasteiger partial charge in [-0.3, -0.25) is 4.79 Å². The number of anilines is 1. The van der Waals surface area contributed by atoms with Crippen LogP contribution in [0.1, 0.15) is 16.8 Å². The van der Waals surface area contributed by atoms with Crippen LogP contribution in [-0.2, 0) is 4.74 Å². The van der Waals surface area contributed by atoms with Crippen molar-refractivity contribution in [2.24, 2.45) is 0 Å². The zero-order valence-electron chi connectivity index (χ0n) is 13.5. The summed E-state index contributed by atoms with van der Waals surface area (Å²) in [5, 5.41) is 0. The van der Waals surface area contributed by atoms with E-state index in [1.165, 1.54) is 29.3 Å². The number of hydrogen-bond donors (Lipinski definition) is 0. The minimum atomic E-state index is -0.415. The number of ether oxygens (including phenoxy) is 3. The lowest BCUT2D eigenvalue weighted by Gasteiger charge is -2.29. The fraction of sp³-hybridized carbons (Fsp3) is 0.333. The Kier molecular flexibility index (Phi) is 4.23. The normalized spacial score (nSPS) is 19.2. The lowest BCUT2D eigenvalue weighted by atomic mass is 10.1. The third kappa shape index (κ3) is 3.28. The van der Waals surface area contributed by atoms with Gasteiger partial charge in [-0.25, -0.2) is 9.37 Å². The van der Waals surface area contributed by atoms with Crippen LogP contribution < -0.4 is 14.4 Å². The molecule has 1 saturated heterocycles. The number of fused-ring (bicyclic) bond motifs is 1. The summed E-state index contributed by atoms with van der Waals surface area (Å²) in [6, 6.07) is 7.38. The second-order valence-corrected chi connectivity index (χ2v) is 5.90. The molecule has 0 bridgehead atoms. The first-order valence-electron chi connectivity index (χ1n) is 8.15. The monoisotopic (exact) mass is 344 g/mol. The van der Waals surface area contributed by atoms with Crippen LogP contribution in [0.4, 0.5) is 10.1 Å². The van der Waals surface area contributed by atoms with Gasteiger partial charge in [-0.1, -0.05) is 0 Å². The summed E-state index contributed by atoms with van der Waals surface area (Å²) in [7, 11) is 0. The minimum absolute atomic E-state index is 0.0453. The van der Waals surface area contributed by atoms with Crippen molar-refractivity contribution in [1.82, 2.24) is 4.98 Å². The van der Waals surface area contributed by atoms with Gasteiger partial charge in [0.2, 0.25) is 5.88 Å². The van der Waals surface area contributed by atoms with Gasteiger partial charge in [0.15, 0.2) is 0 Å². The molecule has 3 heterocycles. The van der Waals surface area contributed by atoms with Crippen LogP contribution in [0.25, 0.3) is 0 Å². The van der Waals surface area contributed by atoms with E-state index in [0.717, 1.165) is 6.42 Å². The maximum atomic E-state index is 13.6. The van der Waals surface area contributed by atoms with Crippen molar-refractivity contribution < 1.29 is 23.4 Å². The van der Waals surface area contributed by atoms with Crippen LogP contribution in [-0.4, -0.2) is 43.4 Å². The summed E-state index contributed by atoms with van der Waals surface area (Å²) >= 11 is 0. The van der Waals surface area contributed by atoms with Gasteiger partial charge in [-0.05, 0) is 18.2 Å². The number of aromatic nitrogens is 1. The maximum absolute atomic E-state index is 13.6. The average molecular weight is 344 g/mol. The second kappa shape index (κ2) is 6.68. The quantitative estimate of drug-likeness (QED) is 0.856. The van der Waals surface area contributed by atoms with Crippen molar-refractivity contribution in [3.05, 3.63) is 47.9 Å². The first kappa shape index (κ1) is 15.8. The Morgan fingerprint density at radius 3 is 3.04 bits per heavy atom. The third-order valence-electron chi connectivity index (χ3n) is 4.19. The van der Waals surface area contributed by atoms with Crippen molar-refractivity contribution in [2.75, 3.05) is 31.3 Å². The maximum Gasteiger partial charge on any atom is 0.258 e. The highest BCUT2D eigenvalue weighted by Crippen LogP contribution is 2.33. The van der Waals surface area contributed by atoms with Gasteiger partial charge >= 0.3 is 0 Å². The zero-order chi connectivity index (χ0) is 17.2. The van der Waals surface area contributed by atoms with Crippen molar-refractivity contribution in [1.29, 1.82) is 0 Å². The molecule has 0 radical (unpaired) electrons. The molecule has 1 fully saturated rings. The molecular weight excluding hydrogens is 327 g/mol. The molecule has 0 unspecified atom stereocenters. The van der Waals surface area contributed by atoms with E-state index in [1.54, 1.807) is 12.1 Å². The lowest BCUT2D eigenvalue weighted by Crippen LogP contribution is -2.38. The van der Waals surface area contributed by atoms with Gasteiger partial charge in [-0.15, -0.1) is 0 Å². The summed E-state index contributed by atoms with van der Waals surface area (Å²) in [6.07, 6.45) is 2.29. The van der Waals surface area contributed by atoms with Crippen LogP contribution in [0, 0.1) is 5.82 Å². The lowest BCUT2D eigenvalue weighted by molar-refractivity contribution is 0.0975. The molecule has 2 aromatic rings. The molecule has 0 aliphatic carbocycles. The van der Waals surface area contributed by atoms with E-state index in [4.69, 9.17) is 14.2 Å². The molecule has 0 saturated carbocycles. The Bertz CT molecular complexity index is 792. The SMILES string of the molecule is O=C(c1ccnc(O[C@H]2CCOC2)c1)N1CCOc2ccc(F)cc21. The predicted molar refractivity (Wildman–Crippen MR) is 87.7 cm³/mol. The number of rotatable bonds is 3. The van der Waals surface area contributed by atoms with Crippen molar-refractivity contribution >= 4 is 11.6 Å². The number of amides is 1. The first-order valence-corrected chi connectivity index (χ1v) is 8.15. The average Bonchev–Trinajstić information content (AvgIpc) is 3.14. The molecular formula is C18H17FN2O4. The second-order valence-electron chi connectivity index (χ2n) is 5.90. The highest BCUT2D eigenvalue weighted by atomic mass is 19.1. The van der Waals surface area contributed by atoms with Crippen LogP contribution >= 0.6 is 0 Å². The molecule has 130 valence electrons. The predicted octanol–water partition coefficient (Wildman–Crippen LogP) is 2.43. The summed E-state index contributed by atoms with van der Waals surface area (Å²) in [5.41, 5.74) is 0.862. The van der Waals surface area contributed by atoms with Crippen molar-refractivity contribution in [2.45, 2.75) is 12.5 Å². The van der Waals surface area contributed by atoms with Gasteiger partial charge in [0, 0.05) is 30.3 Å². The molecule has 2 aliphatic heterocycles. The third-order valence-corrected chi connectivity index (χ3v) is 4.19. The molecule has 2 aliphatic rings. The van der Waals surface area contributed by atoms with E-state index < -0.39 is 5.82 Å². The highest BCUT2D eigenvalue weighted by Gasteiger charge is 2.26.